The fourth-order valence-electron chi connectivity index (χ4n) is 0.763. The third-order valence-electron chi connectivity index (χ3n) is 1.34. The zero-order chi connectivity index (χ0) is 10.9. The Labute approximate surface area is 77.6 Å². The largest absolute Gasteiger partial charge is 0.264 e. The van der Waals surface area contributed by atoms with Crippen molar-refractivity contribution in [3.8, 4) is 0 Å². The van der Waals surface area contributed by atoms with Crippen LogP contribution in [0.4, 0.5) is 13.2 Å². The van der Waals surface area contributed by atoms with Gasteiger partial charge in [0, 0.05) is 11.6 Å². The molecule has 78 valence electrons. The summed E-state index contributed by atoms with van der Waals surface area (Å²) in [6.07, 6.45) is -2.98. The van der Waals surface area contributed by atoms with Crippen molar-refractivity contribution in [2.45, 2.75) is 11.5 Å². The Kier molecular flexibility index (Phi) is 2.76. The van der Waals surface area contributed by atoms with Gasteiger partial charge in [-0.2, -0.15) is 4.39 Å². The van der Waals surface area contributed by atoms with Gasteiger partial charge in [-0.05, 0) is 6.07 Å². The Balaban J connectivity index is 3.35. The van der Waals surface area contributed by atoms with Crippen molar-refractivity contribution >= 4 is 10.0 Å². The molecule has 0 unspecified atom stereocenters. The van der Waals surface area contributed by atoms with Gasteiger partial charge in [-0.15, -0.1) is 0 Å². The van der Waals surface area contributed by atoms with Gasteiger partial charge >= 0.3 is 0 Å². The average Bonchev–Trinajstić information content (AvgIpc) is 2.01. The number of hydrogen-bond donors (Lipinski definition) is 1. The maximum Gasteiger partial charge on any atom is 0.264 e. The number of rotatable bonds is 2. The summed E-state index contributed by atoms with van der Waals surface area (Å²) in [4.78, 5) is 2.87. The molecule has 0 aliphatic rings. The lowest BCUT2D eigenvalue weighted by Gasteiger charge is -2.02. The summed E-state index contributed by atoms with van der Waals surface area (Å²) in [7, 11) is -4.27. The first kappa shape index (κ1) is 10.9. The summed E-state index contributed by atoms with van der Waals surface area (Å²) < 4.78 is 58.1. The Morgan fingerprint density at radius 2 is 1.93 bits per heavy atom. The number of pyridine rings is 1. The molecular weight excluding hydrogens is 221 g/mol. The molecule has 14 heavy (non-hydrogen) atoms. The predicted molar refractivity (Wildman–Crippen MR) is 40.5 cm³/mol. The summed E-state index contributed by atoms with van der Waals surface area (Å²) in [6.45, 7) is 0. The Bertz CT molecular complexity index is 446. The lowest BCUT2D eigenvalue weighted by Crippen LogP contribution is -2.15. The third-order valence-corrected chi connectivity index (χ3v) is 2.13. The second-order valence-electron chi connectivity index (χ2n) is 2.41. The first-order valence-electron chi connectivity index (χ1n) is 3.29. The van der Waals surface area contributed by atoms with E-state index in [-0.39, 0.29) is 0 Å². The first-order valence-corrected chi connectivity index (χ1v) is 4.84. The van der Waals surface area contributed by atoms with Crippen LogP contribution in [0.25, 0.3) is 0 Å². The van der Waals surface area contributed by atoms with Gasteiger partial charge in [0.15, 0.2) is 5.03 Å². The molecule has 2 N–H and O–H groups in total. The minimum absolute atomic E-state index is 0.444. The zero-order valence-electron chi connectivity index (χ0n) is 6.62. The SMILES string of the molecule is NS(=O)(=O)c1cc(C(F)F)cc(F)n1. The predicted octanol–water partition coefficient (Wildman–Crippen LogP) is 0.806. The standard InChI is InChI=1S/C6H5F3N2O2S/c7-4-1-3(6(8)9)2-5(11-4)14(10,12)13/h1-2,6H,(H2,10,12,13). The number of nitrogens with zero attached hydrogens (tertiary/aromatic N) is 1. The number of primary sulfonamides is 1. The lowest BCUT2D eigenvalue weighted by atomic mass is 10.3. The number of aromatic nitrogens is 1. The second kappa shape index (κ2) is 3.54. The third kappa shape index (κ3) is 2.42. The van der Waals surface area contributed by atoms with Gasteiger partial charge in [0.25, 0.3) is 16.4 Å². The van der Waals surface area contributed by atoms with E-state index in [0.717, 1.165) is 0 Å². The van der Waals surface area contributed by atoms with Crippen LogP contribution in [0.15, 0.2) is 17.2 Å². The molecular formula is C6H5F3N2O2S. The van der Waals surface area contributed by atoms with E-state index in [1.165, 1.54) is 0 Å². The summed E-state index contributed by atoms with van der Waals surface area (Å²) >= 11 is 0. The normalized spacial score (nSPS) is 12.1. The minimum atomic E-state index is -4.27. The smallest absolute Gasteiger partial charge is 0.223 e. The van der Waals surface area contributed by atoms with Crippen molar-refractivity contribution in [1.29, 1.82) is 0 Å². The topological polar surface area (TPSA) is 73.1 Å². The van der Waals surface area contributed by atoms with Crippen LogP contribution in [0.5, 0.6) is 0 Å². The van der Waals surface area contributed by atoms with Crippen LogP contribution in [0, 0.1) is 5.95 Å². The molecule has 0 aromatic carbocycles. The average molecular weight is 226 g/mol. The number of nitrogens with two attached hydrogens (primary N) is 1. The zero-order valence-corrected chi connectivity index (χ0v) is 7.43. The van der Waals surface area contributed by atoms with Crippen molar-refractivity contribution in [2.24, 2.45) is 5.14 Å². The van der Waals surface area contributed by atoms with E-state index in [4.69, 9.17) is 0 Å². The van der Waals surface area contributed by atoms with Gasteiger partial charge in [-0.1, -0.05) is 0 Å². The fraction of sp³-hybridized carbons (Fsp3) is 0.167. The molecule has 0 atom stereocenters. The van der Waals surface area contributed by atoms with Crippen molar-refractivity contribution in [3.63, 3.8) is 0 Å². The van der Waals surface area contributed by atoms with Gasteiger partial charge in [0.05, 0.1) is 0 Å². The van der Waals surface area contributed by atoms with Gasteiger partial charge in [0.2, 0.25) is 5.95 Å². The van der Waals surface area contributed by atoms with E-state index >= 15 is 0 Å². The monoisotopic (exact) mass is 226 g/mol. The quantitative estimate of drug-likeness (QED) is 0.758. The molecule has 0 amide bonds. The minimum Gasteiger partial charge on any atom is -0.223 e. The van der Waals surface area contributed by atoms with Crippen LogP contribution in [0.2, 0.25) is 0 Å². The number of hydrogen-bond acceptors (Lipinski definition) is 3. The van der Waals surface area contributed by atoms with Gasteiger partial charge in [0.1, 0.15) is 0 Å². The summed E-state index contributed by atoms with van der Waals surface area (Å²) in [6, 6.07) is 0.975. The van der Waals surface area contributed by atoms with Crippen LogP contribution in [-0.4, -0.2) is 13.4 Å². The van der Waals surface area contributed by atoms with Crippen LogP contribution in [0.3, 0.4) is 0 Å². The van der Waals surface area contributed by atoms with Crippen LogP contribution in [-0.2, 0) is 10.0 Å². The molecule has 4 nitrogen and oxygen atoms in total. The highest BCUT2D eigenvalue weighted by molar-refractivity contribution is 7.89. The van der Waals surface area contributed by atoms with Gasteiger partial charge < -0.3 is 0 Å². The van der Waals surface area contributed by atoms with Crippen LogP contribution < -0.4 is 5.14 Å². The molecule has 1 aromatic rings. The maximum absolute atomic E-state index is 12.6. The number of alkyl halides is 2. The maximum atomic E-state index is 12.6. The summed E-state index contributed by atoms with van der Waals surface area (Å²) in [5.74, 6) is -1.31. The van der Waals surface area contributed by atoms with Crippen LogP contribution >= 0.6 is 0 Å². The Hall–Kier alpha value is -1.15. The molecule has 8 heteroatoms. The molecule has 0 bridgehead atoms. The highest BCUT2D eigenvalue weighted by Gasteiger charge is 2.16. The van der Waals surface area contributed by atoms with Crippen molar-refractivity contribution < 1.29 is 21.6 Å². The van der Waals surface area contributed by atoms with E-state index in [1.807, 2.05) is 0 Å². The summed E-state index contributed by atoms with van der Waals surface area (Å²) in [5, 5.41) is 3.68. The van der Waals surface area contributed by atoms with E-state index in [1.54, 1.807) is 0 Å². The van der Waals surface area contributed by atoms with Crippen molar-refractivity contribution in [1.82, 2.24) is 4.98 Å². The lowest BCUT2D eigenvalue weighted by molar-refractivity contribution is 0.150. The molecule has 1 rings (SSSR count). The molecule has 1 aromatic heterocycles. The van der Waals surface area contributed by atoms with Crippen LogP contribution in [0.1, 0.15) is 12.0 Å². The highest BCUT2D eigenvalue weighted by Crippen LogP contribution is 2.20. The first-order chi connectivity index (χ1) is 6.30. The molecule has 0 spiro atoms. The highest BCUT2D eigenvalue weighted by atomic mass is 32.2. The van der Waals surface area contributed by atoms with E-state index in [2.05, 4.69) is 10.1 Å². The Morgan fingerprint density at radius 3 is 2.36 bits per heavy atom. The molecule has 1 heterocycles. The molecule has 0 saturated heterocycles. The number of sulfonamides is 1. The van der Waals surface area contributed by atoms with Gasteiger partial charge in [-0.3, -0.25) is 0 Å². The number of halogens is 3. The second-order valence-corrected chi connectivity index (χ2v) is 3.92. The summed E-state index contributed by atoms with van der Waals surface area (Å²) in [5.41, 5.74) is -0.776. The van der Waals surface area contributed by atoms with E-state index in [9.17, 15) is 21.6 Å². The van der Waals surface area contributed by atoms with Crippen molar-refractivity contribution in [2.75, 3.05) is 0 Å². The molecule has 0 fully saturated rings. The van der Waals surface area contributed by atoms with E-state index < -0.39 is 33.0 Å². The van der Waals surface area contributed by atoms with Crippen molar-refractivity contribution in [3.05, 3.63) is 23.6 Å². The molecule has 0 aliphatic heterocycles. The molecule has 0 aliphatic carbocycles. The van der Waals surface area contributed by atoms with Gasteiger partial charge in [-0.25, -0.2) is 27.3 Å². The Morgan fingerprint density at radius 1 is 1.36 bits per heavy atom. The molecule has 0 saturated carbocycles. The molecule has 0 radical (unpaired) electrons. The van der Waals surface area contributed by atoms with E-state index in [0.29, 0.717) is 12.1 Å². The fourth-order valence-corrected chi connectivity index (χ4v) is 1.28.